The Morgan fingerprint density at radius 3 is 1.96 bits per heavy atom. The molecule has 154 valence electrons. The van der Waals surface area contributed by atoms with Crippen LogP contribution in [0.5, 0.6) is 0 Å². The Kier molecular flexibility index (Phi) is 9.42. The molecule has 1 aromatic rings. The molecule has 1 unspecified atom stereocenters. The fraction of sp³-hybridized carbons (Fsp3) is 0.583. The third kappa shape index (κ3) is 6.03. The molecule has 2 N–H and O–H groups in total. The number of Topliss-reactive ketones (excluding diaryl/α,β-unsaturated/α-hetero) is 2. The predicted octanol–water partition coefficient (Wildman–Crippen LogP) is 5.62. The van der Waals surface area contributed by atoms with Crippen LogP contribution in [-0.4, -0.2) is 29.3 Å². The second kappa shape index (κ2) is 11.8. The fourth-order valence-corrected chi connectivity index (χ4v) is 3.82. The molecule has 0 bridgehead atoms. The molecule has 4 nitrogen and oxygen atoms in total. The van der Waals surface area contributed by atoms with Gasteiger partial charge in [0.05, 0.1) is 5.57 Å². The van der Waals surface area contributed by atoms with Gasteiger partial charge in [0.1, 0.15) is 5.76 Å². The Balaban J connectivity index is 1.71. The van der Waals surface area contributed by atoms with Crippen molar-refractivity contribution in [2.75, 3.05) is 6.54 Å². The summed E-state index contributed by atoms with van der Waals surface area (Å²) in [5.41, 5.74) is 0.932. The van der Waals surface area contributed by atoms with Gasteiger partial charge in [-0.05, 0) is 19.9 Å². The van der Waals surface area contributed by atoms with Crippen molar-refractivity contribution in [3.63, 3.8) is 0 Å². The van der Waals surface area contributed by atoms with Gasteiger partial charge in [-0.3, -0.25) is 9.59 Å². The van der Waals surface area contributed by atoms with Crippen LogP contribution in [0, 0.1) is 0 Å². The SMILES string of the molecule is CCCCCCCCCCCCNC(C)C1=C(O)c2ccccc2C(=O)C1=O. The van der Waals surface area contributed by atoms with Gasteiger partial charge >= 0.3 is 0 Å². The third-order valence-corrected chi connectivity index (χ3v) is 5.55. The number of nitrogens with one attached hydrogen (secondary N) is 1. The molecule has 4 heteroatoms. The van der Waals surface area contributed by atoms with Gasteiger partial charge < -0.3 is 10.4 Å². The first-order chi connectivity index (χ1) is 13.6. The topological polar surface area (TPSA) is 66.4 Å². The van der Waals surface area contributed by atoms with E-state index in [-0.39, 0.29) is 22.9 Å². The molecule has 0 aromatic heterocycles. The first kappa shape index (κ1) is 22.4. The van der Waals surface area contributed by atoms with Gasteiger partial charge in [0.15, 0.2) is 0 Å². The summed E-state index contributed by atoms with van der Waals surface area (Å²) >= 11 is 0. The number of unbranched alkanes of at least 4 members (excludes halogenated alkanes) is 9. The number of ketones is 2. The minimum absolute atomic E-state index is 0.0664. The Hall–Kier alpha value is -1.94. The number of benzene rings is 1. The summed E-state index contributed by atoms with van der Waals surface area (Å²) in [6.07, 6.45) is 12.8. The Bertz CT molecular complexity index is 693. The number of aliphatic hydroxyl groups excluding tert-OH is 1. The van der Waals surface area contributed by atoms with Crippen LogP contribution in [0.25, 0.3) is 5.76 Å². The molecule has 0 radical (unpaired) electrons. The molecule has 1 aromatic carbocycles. The van der Waals surface area contributed by atoms with Crippen LogP contribution >= 0.6 is 0 Å². The van der Waals surface area contributed by atoms with E-state index in [2.05, 4.69) is 12.2 Å². The van der Waals surface area contributed by atoms with Crippen molar-refractivity contribution < 1.29 is 14.7 Å². The largest absolute Gasteiger partial charge is 0.507 e. The summed E-state index contributed by atoms with van der Waals surface area (Å²) < 4.78 is 0. The zero-order valence-corrected chi connectivity index (χ0v) is 17.4. The normalized spacial score (nSPS) is 15.1. The summed E-state index contributed by atoms with van der Waals surface area (Å²) in [5, 5.41) is 13.8. The second-order valence-corrected chi connectivity index (χ2v) is 7.82. The van der Waals surface area contributed by atoms with E-state index in [9.17, 15) is 14.7 Å². The third-order valence-electron chi connectivity index (χ3n) is 5.55. The lowest BCUT2D eigenvalue weighted by atomic mass is 9.85. The van der Waals surface area contributed by atoms with E-state index in [4.69, 9.17) is 0 Å². The van der Waals surface area contributed by atoms with Crippen molar-refractivity contribution in [1.29, 1.82) is 0 Å². The van der Waals surface area contributed by atoms with Gasteiger partial charge in [-0.1, -0.05) is 89.0 Å². The van der Waals surface area contributed by atoms with Crippen LogP contribution in [0.15, 0.2) is 29.8 Å². The van der Waals surface area contributed by atoms with Gasteiger partial charge in [-0.25, -0.2) is 0 Å². The van der Waals surface area contributed by atoms with E-state index < -0.39 is 11.6 Å². The first-order valence-electron chi connectivity index (χ1n) is 10.9. The molecule has 0 saturated heterocycles. The van der Waals surface area contributed by atoms with Gasteiger partial charge in [-0.15, -0.1) is 0 Å². The molecule has 0 amide bonds. The number of carbonyl (C=O) groups excluding carboxylic acids is 2. The van der Waals surface area contributed by atoms with Crippen LogP contribution in [0.2, 0.25) is 0 Å². The van der Waals surface area contributed by atoms with Crippen molar-refractivity contribution in [2.24, 2.45) is 0 Å². The average Bonchev–Trinajstić information content (AvgIpc) is 2.70. The molecule has 28 heavy (non-hydrogen) atoms. The molecule has 0 fully saturated rings. The molecule has 1 aliphatic rings. The summed E-state index contributed by atoms with van der Waals surface area (Å²) in [6, 6.07) is 6.39. The fourth-order valence-electron chi connectivity index (χ4n) is 3.82. The number of hydrogen-bond acceptors (Lipinski definition) is 4. The molecule has 0 heterocycles. The van der Waals surface area contributed by atoms with Gasteiger partial charge in [0.2, 0.25) is 11.6 Å². The number of aliphatic hydroxyl groups is 1. The number of fused-ring (bicyclic) bond motifs is 1. The molecule has 2 rings (SSSR count). The van der Waals surface area contributed by atoms with E-state index >= 15 is 0 Å². The quantitative estimate of drug-likeness (QED) is 0.342. The van der Waals surface area contributed by atoms with Crippen molar-refractivity contribution in [3.05, 3.63) is 41.0 Å². The van der Waals surface area contributed by atoms with Crippen LogP contribution in [0.3, 0.4) is 0 Å². The van der Waals surface area contributed by atoms with E-state index in [1.165, 1.54) is 51.4 Å². The lowest BCUT2D eigenvalue weighted by Gasteiger charge is -2.22. The number of hydrogen-bond donors (Lipinski definition) is 2. The number of carbonyl (C=O) groups is 2. The Morgan fingerprint density at radius 1 is 0.821 bits per heavy atom. The molecule has 1 aliphatic carbocycles. The summed E-state index contributed by atoms with van der Waals surface area (Å²) in [5.74, 6) is -1.20. The van der Waals surface area contributed by atoms with Gasteiger partial charge in [-0.2, -0.15) is 0 Å². The molecule has 0 saturated carbocycles. The highest BCUT2D eigenvalue weighted by molar-refractivity contribution is 6.52. The maximum absolute atomic E-state index is 12.4. The monoisotopic (exact) mass is 385 g/mol. The van der Waals surface area contributed by atoms with Crippen molar-refractivity contribution >= 4 is 17.3 Å². The maximum atomic E-state index is 12.4. The molecule has 0 spiro atoms. The van der Waals surface area contributed by atoms with Crippen LogP contribution in [0.1, 0.15) is 94.0 Å². The van der Waals surface area contributed by atoms with Crippen LogP contribution in [-0.2, 0) is 4.79 Å². The van der Waals surface area contributed by atoms with Crippen molar-refractivity contribution in [2.45, 2.75) is 84.1 Å². The van der Waals surface area contributed by atoms with Crippen LogP contribution < -0.4 is 5.32 Å². The lowest BCUT2D eigenvalue weighted by Crippen LogP contribution is -2.37. The predicted molar refractivity (Wildman–Crippen MR) is 115 cm³/mol. The van der Waals surface area contributed by atoms with E-state index in [1.807, 2.05) is 6.92 Å². The highest BCUT2D eigenvalue weighted by Gasteiger charge is 2.34. The van der Waals surface area contributed by atoms with Gasteiger partial charge in [0, 0.05) is 17.2 Å². The zero-order chi connectivity index (χ0) is 20.4. The van der Waals surface area contributed by atoms with E-state index in [0.29, 0.717) is 5.56 Å². The summed E-state index contributed by atoms with van der Waals surface area (Å²) in [7, 11) is 0. The van der Waals surface area contributed by atoms with Gasteiger partial charge in [0.25, 0.3) is 0 Å². The Labute approximate surface area is 169 Å². The summed E-state index contributed by atoms with van der Waals surface area (Å²) in [6.45, 7) is 4.85. The van der Waals surface area contributed by atoms with Crippen molar-refractivity contribution in [1.82, 2.24) is 5.32 Å². The second-order valence-electron chi connectivity index (χ2n) is 7.82. The highest BCUT2D eigenvalue weighted by Crippen LogP contribution is 2.29. The minimum Gasteiger partial charge on any atom is -0.507 e. The molecular formula is C24H35NO3. The van der Waals surface area contributed by atoms with E-state index in [0.717, 1.165) is 19.4 Å². The van der Waals surface area contributed by atoms with Crippen LogP contribution in [0.4, 0.5) is 0 Å². The zero-order valence-electron chi connectivity index (χ0n) is 17.4. The average molecular weight is 386 g/mol. The Morgan fingerprint density at radius 2 is 1.36 bits per heavy atom. The standard InChI is InChI=1S/C24H35NO3/c1-3-4-5-6-7-8-9-10-11-14-17-25-18(2)21-22(26)19-15-12-13-16-20(19)23(27)24(21)28/h12-13,15-16,18,25-26H,3-11,14,17H2,1-2H3. The first-order valence-corrected chi connectivity index (χ1v) is 10.9. The smallest absolute Gasteiger partial charge is 0.234 e. The maximum Gasteiger partial charge on any atom is 0.234 e. The summed E-state index contributed by atoms with van der Waals surface area (Å²) in [4.78, 5) is 24.7. The van der Waals surface area contributed by atoms with Crippen molar-refractivity contribution in [3.8, 4) is 0 Å². The minimum atomic E-state index is -0.598. The molecule has 0 aliphatic heterocycles. The number of rotatable bonds is 13. The van der Waals surface area contributed by atoms with E-state index in [1.54, 1.807) is 24.3 Å². The molecular weight excluding hydrogens is 350 g/mol. The lowest BCUT2D eigenvalue weighted by molar-refractivity contribution is -0.112. The highest BCUT2D eigenvalue weighted by atomic mass is 16.3. The molecule has 1 atom stereocenters.